The third-order valence-corrected chi connectivity index (χ3v) is 5.45. The molecule has 2 fully saturated rings. The van der Waals surface area contributed by atoms with E-state index in [2.05, 4.69) is 12.2 Å². The zero-order valence-corrected chi connectivity index (χ0v) is 14.2. The Morgan fingerprint density at radius 2 is 1.83 bits per heavy atom. The number of likely N-dealkylation sites (tertiary alicyclic amines) is 2. The number of carbonyl (C=O) groups excluding carboxylic acids is 3. The minimum Gasteiger partial charge on any atom is -0.377 e. The maximum absolute atomic E-state index is 12.4. The van der Waals surface area contributed by atoms with Crippen molar-refractivity contribution in [3.63, 3.8) is 0 Å². The molecule has 0 bridgehead atoms. The summed E-state index contributed by atoms with van der Waals surface area (Å²) in [6, 6.07) is 0. The predicted molar refractivity (Wildman–Crippen MR) is 88.0 cm³/mol. The summed E-state index contributed by atoms with van der Waals surface area (Å²) in [6.07, 6.45) is 8.88. The highest BCUT2D eigenvalue weighted by Crippen LogP contribution is 2.37. The molecule has 3 rings (SSSR count). The summed E-state index contributed by atoms with van der Waals surface area (Å²) in [4.78, 5) is 39.1. The van der Waals surface area contributed by atoms with Gasteiger partial charge in [-0.25, -0.2) is 0 Å². The van der Waals surface area contributed by atoms with Gasteiger partial charge in [-0.1, -0.05) is 12.2 Å². The van der Waals surface area contributed by atoms with E-state index in [4.69, 9.17) is 4.74 Å². The molecule has 3 aliphatic rings. The van der Waals surface area contributed by atoms with E-state index < -0.39 is 0 Å². The van der Waals surface area contributed by atoms with Crippen molar-refractivity contribution < 1.29 is 19.1 Å². The van der Waals surface area contributed by atoms with E-state index in [-0.39, 0.29) is 36.1 Å². The first-order valence-corrected chi connectivity index (χ1v) is 8.93. The predicted octanol–water partition coefficient (Wildman–Crippen LogP) is 1.50. The third-order valence-electron chi connectivity index (χ3n) is 5.45. The smallest absolute Gasteiger partial charge is 0.229 e. The van der Waals surface area contributed by atoms with E-state index in [1.807, 2.05) is 4.90 Å². The van der Waals surface area contributed by atoms with Crippen molar-refractivity contribution in [1.29, 1.82) is 0 Å². The van der Waals surface area contributed by atoms with Crippen molar-refractivity contribution in [3.05, 3.63) is 12.2 Å². The normalized spacial score (nSPS) is 24.3. The van der Waals surface area contributed by atoms with Gasteiger partial charge >= 0.3 is 0 Å². The van der Waals surface area contributed by atoms with E-state index in [9.17, 15) is 14.4 Å². The minimum absolute atomic E-state index is 0.0427. The molecular formula is C18H26N2O4. The molecule has 132 valence electrons. The van der Waals surface area contributed by atoms with Crippen LogP contribution in [-0.2, 0) is 19.1 Å². The molecule has 3 heterocycles. The second-order valence-corrected chi connectivity index (χ2v) is 7.11. The number of piperidine rings is 2. The van der Waals surface area contributed by atoms with Crippen molar-refractivity contribution in [2.75, 3.05) is 32.8 Å². The van der Waals surface area contributed by atoms with E-state index >= 15 is 0 Å². The molecule has 2 saturated heterocycles. The van der Waals surface area contributed by atoms with E-state index in [0.29, 0.717) is 25.9 Å². The minimum atomic E-state index is -0.140. The van der Waals surface area contributed by atoms with E-state index in [1.165, 1.54) is 4.90 Å². The standard InChI is InChI=1S/C18H26N2O4/c21-15(6-10-20-16(22)4-3-5-17(20)23)19-11-8-18(9-12-19)7-1-2-13-24-14-18/h1-2H,3-14H2. The number of carbonyl (C=O) groups is 3. The molecule has 24 heavy (non-hydrogen) atoms. The van der Waals surface area contributed by atoms with E-state index in [0.717, 1.165) is 39.0 Å². The Bertz CT molecular complexity index is 519. The van der Waals surface area contributed by atoms with Crippen LogP contribution in [0.3, 0.4) is 0 Å². The van der Waals surface area contributed by atoms with Crippen LogP contribution in [0.5, 0.6) is 0 Å². The lowest BCUT2D eigenvalue weighted by atomic mass is 9.76. The van der Waals surface area contributed by atoms with Crippen LogP contribution in [0.15, 0.2) is 12.2 Å². The lowest BCUT2D eigenvalue weighted by molar-refractivity contribution is -0.148. The summed E-state index contributed by atoms with van der Waals surface area (Å²) in [7, 11) is 0. The molecule has 3 aliphatic heterocycles. The van der Waals surface area contributed by atoms with E-state index in [1.54, 1.807) is 0 Å². The van der Waals surface area contributed by atoms with Crippen molar-refractivity contribution in [2.24, 2.45) is 5.41 Å². The summed E-state index contributed by atoms with van der Waals surface area (Å²) < 4.78 is 5.66. The van der Waals surface area contributed by atoms with Gasteiger partial charge in [-0.2, -0.15) is 0 Å². The van der Waals surface area contributed by atoms with Gasteiger partial charge in [-0.05, 0) is 25.7 Å². The number of amides is 3. The van der Waals surface area contributed by atoms with Crippen LogP contribution >= 0.6 is 0 Å². The second-order valence-electron chi connectivity index (χ2n) is 7.11. The summed E-state index contributed by atoms with van der Waals surface area (Å²) in [6.45, 7) is 3.14. The number of allylic oxidation sites excluding steroid dienone is 1. The summed E-state index contributed by atoms with van der Waals surface area (Å²) in [5.41, 5.74) is 0.169. The third kappa shape index (κ3) is 3.86. The molecule has 0 aliphatic carbocycles. The molecule has 3 amide bonds. The fourth-order valence-electron chi connectivity index (χ4n) is 3.80. The summed E-state index contributed by atoms with van der Waals surface area (Å²) in [5.74, 6) is -0.237. The zero-order chi connectivity index (χ0) is 17.0. The first-order valence-electron chi connectivity index (χ1n) is 8.93. The average Bonchev–Trinajstić information content (AvgIpc) is 2.80. The Morgan fingerprint density at radius 3 is 2.54 bits per heavy atom. The van der Waals surface area contributed by atoms with Gasteiger partial charge in [0.05, 0.1) is 13.2 Å². The second kappa shape index (κ2) is 7.47. The number of rotatable bonds is 3. The van der Waals surface area contributed by atoms with Crippen molar-refractivity contribution in [2.45, 2.75) is 44.9 Å². The maximum Gasteiger partial charge on any atom is 0.229 e. The average molecular weight is 334 g/mol. The van der Waals surface area contributed by atoms with Gasteiger partial charge in [-0.3, -0.25) is 19.3 Å². The number of imide groups is 1. The van der Waals surface area contributed by atoms with Gasteiger partial charge in [0.15, 0.2) is 0 Å². The molecule has 0 aromatic heterocycles. The lowest BCUT2D eigenvalue weighted by Crippen LogP contribution is -2.46. The molecule has 6 nitrogen and oxygen atoms in total. The molecular weight excluding hydrogens is 308 g/mol. The van der Waals surface area contributed by atoms with Gasteiger partial charge in [0.25, 0.3) is 0 Å². The SMILES string of the molecule is O=C(CCN1C(=O)CCCC1=O)N1CCC2(CC=CCOC2)CC1. The zero-order valence-electron chi connectivity index (χ0n) is 14.2. The van der Waals surface area contributed by atoms with Crippen LogP contribution < -0.4 is 0 Å². The number of ether oxygens (including phenoxy) is 1. The molecule has 0 atom stereocenters. The Balaban J connectivity index is 1.47. The Hall–Kier alpha value is -1.69. The van der Waals surface area contributed by atoms with Crippen LogP contribution in [-0.4, -0.2) is 60.4 Å². The fourth-order valence-corrected chi connectivity index (χ4v) is 3.80. The first kappa shape index (κ1) is 17.1. The van der Waals surface area contributed by atoms with Gasteiger partial charge in [0.2, 0.25) is 17.7 Å². The van der Waals surface area contributed by atoms with Crippen LogP contribution in [0, 0.1) is 5.41 Å². The molecule has 0 N–H and O–H groups in total. The molecule has 0 saturated carbocycles. The number of hydrogen-bond donors (Lipinski definition) is 0. The van der Waals surface area contributed by atoms with Crippen molar-refractivity contribution in [3.8, 4) is 0 Å². The van der Waals surface area contributed by atoms with Gasteiger partial charge in [0, 0.05) is 44.3 Å². The fraction of sp³-hybridized carbons (Fsp3) is 0.722. The van der Waals surface area contributed by atoms with Crippen LogP contribution in [0.2, 0.25) is 0 Å². The topological polar surface area (TPSA) is 66.9 Å². The van der Waals surface area contributed by atoms with Gasteiger partial charge in [-0.15, -0.1) is 0 Å². The van der Waals surface area contributed by atoms with Crippen molar-refractivity contribution >= 4 is 17.7 Å². The number of hydrogen-bond acceptors (Lipinski definition) is 4. The highest BCUT2D eigenvalue weighted by atomic mass is 16.5. The lowest BCUT2D eigenvalue weighted by Gasteiger charge is -2.41. The quantitative estimate of drug-likeness (QED) is 0.579. The molecule has 0 radical (unpaired) electrons. The van der Waals surface area contributed by atoms with Gasteiger partial charge < -0.3 is 9.64 Å². The Kier molecular flexibility index (Phi) is 5.33. The summed E-state index contributed by atoms with van der Waals surface area (Å²) >= 11 is 0. The maximum atomic E-state index is 12.4. The Labute approximate surface area is 142 Å². The molecule has 0 aromatic rings. The first-order chi connectivity index (χ1) is 11.6. The largest absolute Gasteiger partial charge is 0.377 e. The molecule has 6 heteroatoms. The molecule has 0 aromatic carbocycles. The summed E-state index contributed by atoms with van der Waals surface area (Å²) in [5, 5.41) is 0. The van der Waals surface area contributed by atoms with Crippen molar-refractivity contribution in [1.82, 2.24) is 9.80 Å². The van der Waals surface area contributed by atoms with Gasteiger partial charge in [0.1, 0.15) is 0 Å². The highest BCUT2D eigenvalue weighted by Gasteiger charge is 2.36. The van der Waals surface area contributed by atoms with Crippen LogP contribution in [0.25, 0.3) is 0 Å². The highest BCUT2D eigenvalue weighted by molar-refractivity contribution is 5.97. The Morgan fingerprint density at radius 1 is 1.12 bits per heavy atom. The van der Waals surface area contributed by atoms with Crippen LogP contribution in [0.4, 0.5) is 0 Å². The number of nitrogens with zero attached hydrogens (tertiary/aromatic N) is 2. The molecule has 0 unspecified atom stereocenters. The monoisotopic (exact) mass is 334 g/mol. The molecule has 1 spiro atoms. The van der Waals surface area contributed by atoms with Crippen LogP contribution in [0.1, 0.15) is 44.9 Å².